The third-order valence-electron chi connectivity index (χ3n) is 3.55. The lowest BCUT2D eigenvalue weighted by molar-refractivity contribution is -0.116. The SMILES string of the molecule is CN(C)S(=O)(=O)c1ccc(NC(=O)CCCSc2ccc(Cl)cc2)cc1. The molecule has 0 aliphatic rings. The van der Waals surface area contributed by atoms with Crippen LogP contribution in [0.1, 0.15) is 12.8 Å². The Kier molecular flexibility index (Phi) is 7.52. The van der Waals surface area contributed by atoms with E-state index in [0.717, 1.165) is 21.4 Å². The average molecular weight is 413 g/mol. The van der Waals surface area contributed by atoms with Gasteiger partial charge in [-0.2, -0.15) is 0 Å². The first-order valence-electron chi connectivity index (χ1n) is 8.00. The van der Waals surface area contributed by atoms with Crippen LogP contribution in [0.25, 0.3) is 0 Å². The van der Waals surface area contributed by atoms with E-state index in [9.17, 15) is 13.2 Å². The van der Waals surface area contributed by atoms with Crippen LogP contribution in [-0.4, -0.2) is 38.5 Å². The van der Waals surface area contributed by atoms with E-state index in [1.165, 1.54) is 26.2 Å². The molecule has 2 rings (SSSR count). The average Bonchev–Trinajstić information content (AvgIpc) is 2.60. The van der Waals surface area contributed by atoms with Gasteiger partial charge in [0, 0.05) is 36.1 Å². The van der Waals surface area contributed by atoms with Crippen molar-refractivity contribution in [1.82, 2.24) is 4.31 Å². The van der Waals surface area contributed by atoms with Gasteiger partial charge in [0.05, 0.1) is 4.90 Å². The number of carbonyl (C=O) groups excluding carboxylic acids is 1. The Balaban J connectivity index is 1.78. The molecule has 0 saturated carbocycles. The number of benzene rings is 2. The molecule has 2 aromatic carbocycles. The van der Waals surface area contributed by atoms with E-state index in [1.807, 2.05) is 24.3 Å². The van der Waals surface area contributed by atoms with E-state index in [4.69, 9.17) is 11.6 Å². The number of hydrogen-bond acceptors (Lipinski definition) is 4. The molecule has 0 aliphatic carbocycles. The highest BCUT2D eigenvalue weighted by Gasteiger charge is 2.16. The van der Waals surface area contributed by atoms with Crippen LogP contribution in [0.3, 0.4) is 0 Å². The highest BCUT2D eigenvalue weighted by atomic mass is 35.5. The Labute approximate surface area is 163 Å². The van der Waals surface area contributed by atoms with Crippen molar-refractivity contribution >= 4 is 45.0 Å². The molecule has 0 fully saturated rings. The molecule has 8 heteroatoms. The first-order chi connectivity index (χ1) is 12.3. The van der Waals surface area contributed by atoms with Crippen molar-refractivity contribution in [2.45, 2.75) is 22.6 Å². The number of thioether (sulfide) groups is 1. The predicted octanol–water partition coefficient (Wildman–Crippen LogP) is 4.10. The summed E-state index contributed by atoms with van der Waals surface area (Å²) < 4.78 is 25.2. The summed E-state index contributed by atoms with van der Waals surface area (Å²) in [4.78, 5) is 13.3. The number of sulfonamides is 1. The normalized spacial score (nSPS) is 11.5. The van der Waals surface area contributed by atoms with Crippen molar-refractivity contribution in [3.05, 3.63) is 53.6 Å². The van der Waals surface area contributed by atoms with E-state index in [-0.39, 0.29) is 10.8 Å². The molecule has 2 aromatic rings. The molecule has 0 saturated heterocycles. The number of halogens is 1. The molecular formula is C18H21ClN2O3S2. The van der Waals surface area contributed by atoms with E-state index < -0.39 is 10.0 Å². The molecule has 0 unspecified atom stereocenters. The third-order valence-corrected chi connectivity index (χ3v) is 6.73. The summed E-state index contributed by atoms with van der Waals surface area (Å²) in [5.74, 6) is 0.736. The van der Waals surface area contributed by atoms with Crippen LogP contribution in [0.4, 0.5) is 5.69 Å². The number of anilines is 1. The Morgan fingerprint density at radius 1 is 1.08 bits per heavy atom. The first-order valence-corrected chi connectivity index (χ1v) is 10.8. The molecule has 1 N–H and O–H groups in total. The summed E-state index contributed by atoms with van der Waals surface area (Å²) >= 11 is 7.52. The quantitative estimate of drug-likeness (QED) is 0.523. The molecule has 0 aliphatic heterocycles. The zero-order chi connectivity index (χ0) is 19.2. The van der Waals surface area contributed by atoms with Gasteiger partial charge in [-0.25, -0.2) is 12.7 Å². The Morgan fingerprint density at radius 2 is 1.69 bits per heavy atom. The Morgan fingerprint density at radius 3 is 2.27 bits per heavy atom. The highest BCUT2D eigenvalue weighted by Crippen LogP contribution is 2.21. The highest BCUT2D eigenvalue weighted by molar-refractivity contribution is 7.99. The van der Waals surface area contributed by atoms with Gasteiger partial charge in [0.2, 0.25) is 15.9 Å². The molecule has 1 amide bonds. The van der Waals surface area contributed by atoms with Gasteiger partial charge in [-0.3, -0.25) is 4.79 Å². The lowest BCUT2D eigenvalue weighted by Crippen LogP contribution is -2.22. The molecule has 0 bridgehead atoms. The van der Waals surface area contributed by atoms with Crippen LogP contribution in [0.15, 0.2) is 58.3 Å². The molecular weight excluding hydrogens is 392 g/mol. The second kappa shape index (κ2) is 9.41. The van der Waals surface area contributed by atoms with Crippen LogP contribution in [0, 0.1) is 0 Å². The summed E-state index contributed by atoms with van der Waals surface area (Å²) in [6, 6.07) is 13.8. The lowest BCUT2D eigenvalue weighted by Gasteiger charge is -2.12. The smallest absolute Gasteiger partial charge is 0.242 e. The van der Waals surface area contributed by atoms with Crippen molar-refractivity contribution in [1.29, 1.82) is 0 Å². The van der Waals surface area contributed by atoms with Crippen molar-refractivity contribution in [3.8, 4) is 0 Å². The maximum Gasteiger partial charge on any atom is 0.242 e. The first kappa shape index (κ1) is 20.8. The molecule has 140 valence electrons. The topological polar surface area (TPSA) is 66.5 Å². The summed E-state index contributed by atoms with van der Waals surface area (Å²) in [5, 5.41) is 3.49. The van der Waals surface area contributed by atoms with Gasteiger partial charge in [0.15, 0.2) is 0 Å². The number of rotatable bonds is 8. The van der Waals surface area contributed by atoms with E-state index in [0.29, 0.717) is 17.1 Å². The van der Waals surface area contributed by atoms with Crippen molar-refractivity contribution in [2.24, 2.45) is 0 Å². The Bertz CT molecular complexity index is 836. The lowest BCUT2D eigenvalue weighted by atomic mass is 10.3. The molecule has 0 spiro atoms. The fraction of sp³-hybridized carbons (Fsp3) is 0.278. The fourth-order valence-corrected chi connectivity index (χ4v) is 3.98. The third kappa shape index (κ3) is 6.02. The second-order valence-electron chi connectivity index (χ2n) is 5.77. The van der Waals surface area contributed by atoms with E-state index in [1.54, 1.807) is 23.9 Å². The monoisotopic (exact) mass is 412 g/mol. The minimum Gasteiger partial charge on any atom is -0.326 e. The van der Waals surface area contributed by atoms with Crippen molar-refractivity contribution in [2.75, 3.05) is 25.2 Å². The number of nitrogens with one attached hydrogen (secondary N) is 1. The molecule has 0 radical (unpaired) electrons. The van der Waals surface area contributed by atoms with Crippen LogP contribution >= 0.6 is 23.4 Å². The van der Waals surface area contributed by atoms with Gasteiger partial charge in [-0.05, 0) is 60.7 Å². The maximum absolute atomic E-state index is 12.0. The van der Waals surface area contributed by atoms with Gasteiger partial charge in [-0.15, -0.1) is 11.8 Å². The second-order valence-corrected chi connectivity index (χ2v) is 9.52. The minimum absolute atomic E-state index is 0.0927. The van der Waals surface area contributed by atoms with E-state index in [2.05, 4.69) is 5.32 Å². The van der Waals surface area contributed by atoms with Crippen LogP contribution in [0.2, 0.25) is 5.02 Å². The number of nitrogens with zero attached hydrogens (tertiary/aromatic N) is 1. The summed E-state index contributed by atoms with van der Waals surface area (Å²) in [7, 11) is -0.501. The molecule has 26 heavy (non-hydrogen) atoms. The zero-order valence-corrected chi connectivity index (χ0v) is 17.0. The summed E-state index contributed by atoms with van der Waals surface area (Å²) in [5.41, 5.74) is 0.582. The van der Waals surface area contributed by atoms with Crippen LogP contribution < -0.4 is 5.32 Å². The molecule has 0 atom stereocenters. The number of amides is 1. The largest absolute Gasteiger partial charge is 0.326 e. The molecule has 0 aromatic heterocycles. The van der Waals surface area contributed by atoms with Gasteiger partial charge < -0.3 is 5.32 Å². The number of hydrogen-bond donors (Lipinski definition) is 1. The molecule has 0 heterocycles. The number of carbonyl (C=O) groups is 1. The van der Waals surface area contributed by atoms with E-state index >= 15 is 0 Å². The van der Waals surface area contributed by atoms with Crippen molar-refractivity contribution in [3.63, 3.8) is 0 Å². The van der Waals surface area contributed by atoms with Gasteiger partial charge in [-0.1, -0.05) is 11.6 Å². The van der Waals surface area contributed by atoms with Gasteiger partial charge >= 0.3 is 0 Å². The Hall–Kier alpha value is -1.54. The summed E-state index contributed by atoms with van der Waals surface area (Å²) in [6.07, 6.45) is 1.14. The molecule has 5 nitrogen and oxygen atoms in total. The minimum atomic E-state index is -3.46. The zero-order valence-electron chi connectivity index (χ0n) is 14.6. The standard InChI is InChI=1S/C18H21ClN2O3S2/c1-21(2)26(23,24)17-11-7-15(8-12-17)20-18(22)4-3-13-25-16-9-5-14(19)6-10-16/h5-12H,3-4,13H2,1-2H3,(H,20,22). The van der Waals surface area contributed by atoms with Crippen molar-refractivity contribution < 1.29 is 13.2 Å². The van der Waals surface area contributed by atoms with Gasteiger partial charge in [0.25, 0.3) is 0 Å². The van der Waals surface area contributed by atoms with Gasteiger partial charge in [0.1, 0.15) is 0 Å². The maximum atomic E-state index is 12.0. The fourth-order valence-electron chi connectivity index (χ4n) is 2.10. The van der Waals surface area contributed by atoms with Crippen LogP contribution in [-0.2, 0) is 14.8 Å². The van der Waals surface area contributed by atoms with Crippen LogP contribution in [0.5, 0.6) is 0 Å². The summed E-state index contributed by atoms with van der Waals surface area (Å²) in [6.45, 7) is 0. The predicted molar refractivity (Wildman–Crippen MR) is 107 cm³/mol.